The Labute approximate surface area is 196 Å². The number of carbonyl (C=O) groups excluding carboxylic acids is 1. The van der Waals surface area contributed by atoms with E-state index >= 15 is 0 Å². The zero-order chi connectivity index (χ0) is 23.5. The Hall–Kier alpha value is -4.07. The van der Waals surface area contributed by atoms with Crippen LogP contribution in [0.2, 0.25) is 0 Å². The topological polar surface area (TPSA) is 153 Å². The van der Waals surface area contributed by atoms with Gasteiger partial charge >= 0.3 is 0 Å². The number of nitrogens with zero attached hydrogens (tertiary/aromatic N) is 6. The first-order chi connectivity index (χ1) is 16.7. The fourth-order valence-electron chi connectivity index (χ4n) is 3.27. The van der Waals surface area contributed by atoms with Crippen LogP contribution in [0.25, 0.3) is 27.9 Å². The smallest absolute Gasteiger partial charge is 0.267 e. The van der Waals surface area contributed by atoms with Gasteiger partial charge < -0.3 is 14.4 Å². The molecule has 0 atom stereocenters. The van der Waals surface area contributed by atoms with E-state index in [0.29, 0.717) is 40.1 Å². The Morgan fingerprint density at radius 2 is 2.06 bits per heavy atom. The SMILES string of the molecule is CSNNC(=O)c1ccc(COc2nn3c(-c4cc(CO)on4)nnc3c3ccccc23)nc1. The summed E-state index contributed by atoms with van der Waals surface area (Å²) in [6.07, 6.45) is 3.28. The molecule has 172 valence electrons. The van der Waals surface area contributed by atoms with Crippen molar-refractivity contribution in [2.45, 2.75) is 13.2 Å². The van der Waals surface area contributed by atoms with Crippen molar-refractivity contribution in [1.29, 1.82) is 0 Å². The third kappa shape index (κ3) is 4.14. The van der Waals surface area contributed by atoms with E-state index in [1.165, 1.54) is 22.7 Å². The van der Waals surface area contributed by atoms with Crippen molar-refractivity contribution in [1.82, 2.24) is 40.2 Å². The number of hydrazine groups is 1. The summed E-state index contributed by atoms with van der Waals surface area (Å²) in [6, 6.07) is 12.5. The summed E-state index contributed by atoms with van der Waals surface area (Å²) in [6.45, 7) is -0.153. The second-order valence-corrected chi connectivity index (χ2v) is 7.65. The molecule has 12 nitrogen and oxygen atoms in total. The molecule has 13 heteroatoms. The Morgan fingerprint density at radius 3 is 2.79 bits per heavy atom. The molecule has 5 rings (SSSR count). The molecule has 0 saturated heterocycles. The van der Waals surface area contributed by atoms with Crippen LogP contribution in [0.1, 0.15) is 21.8 Å². The molecule has 0 fully saturated rings. The quantitative estimate of drug-likeness (QED) is 0.221. The number of hydrogen-bond donors (Lipinski definition) is 3. The lowest BCUT2D eigenvalue weighted by Crippen LogP contribution is -2.32. The minimum atomic E-state index is -0.287. The zero-order valence-corrected chi connectivity index (χ0v) is 18.6. The van der Waals surface area contributed by atoms with Gasteiger partial charge in [-0.3, -0.25) is 15.2 Å². The van der Waals surface area contributed by atoms with E-state index in [1.54, 1.807) is 24.5 Å². The average molecular weight is 478 g/mol. The predicted molar refractivity (Wildman–Crippen MR) is 122 cm³/mol. The molecular weight excluding hydrogens is 460 g/mol. The Morgan fingerprint density at radius 1 is 1.21 bits per heavy atom. The van der Waals surface area contributed by atoms with E-state index in [1.807, 2.05) is 24.3 Å². The van der Waals surface area contributed by atoms with Crippen LogP contribution in [0.5, 0.6) is 5.88 Å². The van der Waals surface area contributed by atoms with Gasteiger partial charge in [0.25, 0.3) is 5.91 Å². The molecular formula is C21H18N8O4S. The number of ether oxygens (including phenoxy) is 1. The van der Waals surface area contributed by atoms with Crippen LogP contribution in [0.15, 0.2) is 53.2 Å². The molecule has 34 heavy (non-hydrogen) atoms. The molecule has 0 bridgehead atoms. The van der Waals surface area contributed by atoms with Crippen molar-refractivity contribution < 1.29 is 19.2 Å². The van der Waals surface area contributed by atoms with Crippen molar-refractivity contribution in [2.24, 2.45) is 0 Å². The molecule has 0 saturated carbocycles. The minimum Gasteiger partial charge on any atom is -0.470 e. The summed E-state index contributed by atoms with van der Waals surface area (Å²) >= 11 is 1.28. The molecule has 1 aromatic carbocycles. The average Bonchev–Trinajstić information content (AvgIpc) is 3.53. The summed E-state index contributed by atoms with van der Waals surface area (Å²) in [5.74, 6) is 0.713. The van der Waals surface area contributed by atoms with Gasteiger partial charge in [0, 0.05) is 23.0 Å². The van der Waals surface area contributed by atoms with Crippen molar-refractivity contribution in [3.05, 3.63) is 65.7 Å². The van der Waals surface area contributed by atoms with E-state index in [4.69, 9.17) is 9.26 Å². The van der Waals surface area contributed by atoms with Crippen molar-refractivity contribution >= 4 is 34.3 Å². The summed E-state index contributed by atoms with van der Waals surface area (Å²) in [5.41, 5.74) is 4.48. The summed E-state index contributed by atoms with van der Waals surface area (Å²) in [7, 11) is 0. The first-order valence-corrected chi connectivity index (χ1v) is 11.3. The van der Waals surface area contributed by atoms with Gasteiger partial charge in [0.15, 0.2) is 17.1 Å². The first-order valence-electron chi connectivity index (χ1n) is 10.0. The molecule has 3 N–H and O–H groups in total. The maximum atomic E-state index is 12.0. The van der Waals surface area contributed by atoms with Crippen LogP contribution >= 0.6 is 11.9 Å². The van der Waals surface area contributed by atoms with Crippen molar-refractivity contribution in [3.8, 4) is 17.4 Å². The van der Waals surface area contributed by atoms with Crippen LogP contribution < -0.4 is 15.0 Å². The highest BCUT2D eigenvalue weighted by molar-refractivity contribution is 7.96. The van der Waals surface area contributed by atoms with Crippen LogP contribution in [-0.2, 0) is 13.2 Å². The second kappa shape index (κ2) is 9.43. The number of pyridine rings is 1. The number of benzene rings is 1. The van der Waals surface area contributed by atoms with Gasteiger partial charge in [0.05, 0.1) is 11.3 Å². The molecule has 0 radical (unpaired) electrons. The third-order valence-corrected chi connectivity index (χ3v) is 5.19. The van der Waals surface area contributed by atoms with Crippen LogP contribution in [0.4, 0.5) is 0 Å². The number of aliphatic hydroxyl groups excluding tert-OH is 1. The number of rotatable bonds is 8. The Kier molecular flexibility index (Phi) is 6.03. The number of nitrogens with one attached hydrogen (secondary N) is 2. The molecule has 0 aliphatic rings. The van der Waals surface area contributed by atoms with Crippen molar-refractivity contribution in [3.63, 3.8) is 0 Å². The molecule has 1 amide bonds. The fourth-order valence-corrected chi connectivity index (χ4v) is 3.46. The van der Waals surface area contributed by atoms with E-state index in [9.17, 15) is 9.90 Å². The standard InChI is InChI=1S/C21H18N8O4S/c1-34-28-25-20(31)12-6-7-13(22-9-12)11-32-21-16-5-3-2-4-15(16)18-23-24-19(29(18)26-21)17-8-14(10-30)33-27-17/h2-9,28,30H,10-11H2,1H3,(H,25,31). The van der Waals surface area contributed by atoms with Gasteiger partial charge in [-0.1, -0.05) is 35.3 Å². The molecule has 0 aliphatic carbocycles. The number of aromatic nitrogens is 6. The lowest BCUT2D eigenvalue weighted by molar-refractivity contribution is 0.0946. The molecule has 0 spiro atoms. The largest absolute Gasteiger partial charge is 0.470 e. The Bertz CT molecular complexity index is 1470. The maximum absolute atomic E-state index is 12.0. The van der Waals surface area contributed by atoms with E-state index in [2.05, 4.69) is 35.7 Å². The number of carbonyl (C=O) groups is 1. The lowest BCUT2D eigenvalue weighted by atomic mass is 10.2. The lowest BCUT2D eigenvalue weighted by Gasteiger charge is -2.10. The molecule has 4 heterocycles. The number of fused-ring (bicyclic) bond motifs is 3. The van der Waals surface area contributed by atoms with Crippen LogP contribution in [0, 0.1) is 0 Å². The highest BCUT2D eigenvalue weighted by Crippen LogP contribution is 2.29. The first kappa shape index (κ1) is 21.8. The summed E-state index contributed by atoms with van der Waals surface area (Å²) in [5, 5.41) is 27.8. The Balaban J connectivity index is 1.45. The van der Waals surface area contributed by atoms with Gasteiger partial charge in [-0.15, -0.1) is 15.3 Å². The normalized spacial score (nSPS) is 11.2. The number of amides is 1. The third-order valence-electron chi connectivity index (χ3n) is 4.88. The van der Waals surface area contributed by atoms with Gasteiger partial charge in [-0.2, -0.15) is 9.35 Å². The van der Waals surface area contributed by atoms with Crippen LogP contribution in [-0.4, -0.2) is 47.2 Å². The molecule has 0 unspecified atom stereocenters. The maximum Gasteiger partial charge on any atom is 0.267 e. The summed E-state index contributed by atoms with van der Waals surface area (Å²) in [4.78, 5) is 19.0. The monoisotopic (exact) mass is 478 g/mol. The molecule has 0 aliphatic heterocycles. The van der Waals surface area contributed by atoms with Crippen molar-refractivity contribution in [2.75, 3.05) is 6.26 Å². The molecule has 4 aromatic heterocycles. The number of aliphatic hydroxyl groups is 1. The van der Waals surface area contributed by atoms with Gasteiger partial charge in [0.2, 0.25) is 11.7 Å². The van der Waals surface area contributed by atoms with E-state index in [-0.39, 0.29) is 19.1 Å². The second-order valence-electron chi connectivity index (χ2n) is 7.03. The van der Waals surface area contributed by atoms with E-state index in [0.717, 1.165) is 10.8 Å². The summed E-state index contributed by atoms with van der Waals surface area (Å²) < 4.78 is 12.6. The highest BCUT2D eigenvalue weighted by atomic mass is 32.2. The predicted octanol–water partition coefficient (Wildman–Crippen LogP) is 1.91. The highest BCUT2D eigenvalue weighted by Gasteiger charge is 2.19. The fraction of sp³-hybridized carbons (Fsp3) is 0.143. The van der Waals surface area contributed by atoms with Gasteiger partial charge in [0.1, 0.15) is 13.2 Å². The zero-order valence-electron chi connectivity index (χ0n) is 17.8. The number of hydrogen-bond acceptors (Lipinski definition) is 11. The van der Waals surface area contributed by atoms with Gasteiger partial charge in [-0.05, 0) is 24.5 Å². The minimum absolute atomic E-state index is 0.129. The van der Waals surface area contributed by atoms with Gasteiger partial charge in [-0.25, -0.2) is 0 Å². The van der Waals surface area contributed by atoms with Crippen LogP contribution in [0.3, 0.4) is 0 Å². The molecule has 5 aromatic rings. The van der Waals surface area contributed by atoms with E-state index < -0.39 is 0 Å².